The Morgan fingerprint density at radius 3 is 2.55 bits per heavy atom. The van der Waals surface area contributed by atoms with Gasteiger partial charge in [-0.1, -0.05) is 63.4 Å². The summed E-state index contributed by atoms with van der Waals surface area (Å²) in [6.07, 6.45) is 9.45. The maximum absolute atomic E-state index is 5.63. The Balaban J connectivity index is 2.04. The molecule has 20 heavy (non-hydrogen) atoms. The van der Waals surface area contributed by atoms with Crippen LogP contribution in [-0.2, 0) is 11.2 Å². The lowest BCUT2D eigenvalue weighted by Crippen LogP contribution is -1.94. The third-order valence-corrected chi connectivity index (χ3v) is 3.49. The zero-order valence-corrected chi connectivity index (χ0v) is 13.4. The van der Waals surface area contributed by atoms with Gasteiger partial charge < -0.3 is 4.74 Å². The van der Waals surface area contributed by atoms with E-state index in [1.807, 2.05) is 12.3 Å². The average molecular weight is 274 g/mol. The smallest absolute Gasteiger partial charge is 0.0913 e. The number of hydrogen-bond donors (Lipinski definition) is 0. The van der Waals surface area contributed by atoms with E-state index in [-0.39, 0.29) is 0 Å². The molecule has 0 aliphatic rings. The Morgan fingerprint density at radius 1 is 1.10 bits per heavy atom. The van der Waals surface area contributed by atoms with Crippen molar-refractivity contribution in [2.75, 3.05) is 6.61 Å². The highest BCUT2D eigenvalue weighted by atomic mass is 16.5. The Kier molecular flexibility index (Phi) is 8.86. The molecule has 1 rings (SSSR count). The Bertz CT molecular complexity index is 365. The van der Waals surface area contributed by atoms with Gasteiger partial charge in [-0.15, -0.1) is 0 Å². The predicted octanol–water partition coefficient (Wildman–Crippen LogP) is 5.76. The molecule has 0 aliphatic carbocycles. The van der Waals surface area contributed by atoms with E-state index < -0.39 is 0 Å². The molecule has 0 aliphatic heterocycles. The van der Waals surface area contributed by atoms with Crippen LogP contribution in [0.15, 0.2) is 42.2 Å². The van der Waals surface area contributed by atoms with Gasteiger partial charge >= 0.3 is 0 Å². The molecule has 0 fully saturated rings. The van der Waals surface area contributed by atoms with Gasteiger partial charge in [0.1, 0.15) is 0 Å². The van der Waals surface area contributed by atoms with Gasteiger partial charge in [0.25, 0.3) is 0 Å². The van der Waals surface area contributed by atoms with E-state index in [4.69, 9.17) is 4.74 Å². The molecule has 0 N–H and O–H groups in total. The average Bonchev–Trinajstić information content (AvgIpc) is 2.44. The number of unbranched alkanes of at least 4 members (excludes halogenated alkanes) is 2. The van der Waals surface area contributed by atoms with Crippen LogP contribution in [0.3, 0.4) is 0 Å². The second-order valence-electron chi connectivity index (χ2n) is 6.06. The summed E-state index contributed by atoms with van der Waals surface area (Å²) in [5.41, 5.74) is 2.70. The summed E-state index contributed by atoms with van der Waals surface area (Å²) in [4.78, 5) is 0. The first-order valence-corrected chi connectivity index (χ1v) is 7.99. The van der Waals surface area contributed by atoms with Gasteiger partial charge in [0.15, 0.2) is 0 Å². The lowest BCUT2D eigenvalue weighted by molar-refractivity contribution is 0.249. The Hall–Kier alpha value is -1.24. The van der Waals surface area contributed by atoms with Gasteiger partial charge in [-0.3, -0.25) is 0 Å². The summed E-state index contributed by atoms with van der Waals surface area (Å²) in [6.45, 7) is 7.54. The minimum Gasteiger partial charge on any atom is -0.501 e. The van der Waals surface area contributed by atoms with E-state index in [1.165, 1.54) is 43.2 Å². The molecule has 0 heterocycles. The van der Waals surface area contributed by atoms with E-state index >= 15 is 0 Å². The molecule has 0 amide bonds. The number of allylic oxidation sites excluding steroid dienone is 1. The van der Waals surface area contributed by atoms with Crippen molar-refractivity contribution in [1.82, 2.24) is 0 Å². The van der Waals surface area contributed by atoms with Crippen LogP contribution in [0.2, 0.25) is 0 Å². The third-order valence-electron chi connectivity index (χ3n) is 3.49. The van der Waals surface area contributed by atoms with Gasteiger partial charge in [-0.2, -0.15) is 0 Å². The predicted molar refractivity (Wildman–Crippen MR) is 87.8 cm³/mol. The number of hydrogen-bond acceptors (Lipinski definition) is 1. The maximum atomic E-state index is 5.63. The fraction of sp³-hybridized carbons (Fsp3) is 0.579. The molecule has 0 radical (unpaired) electrons. The van der Waals surface area contributed by atoms with Crippen LogP contribution in [0.4, 0.5) is 0 Å². The van der Waals surface area contributed by atoms with Crippen LogP contribution in [0.25, 0.3) is 0 Å². The normalized spacial score (nSPS) is 11.9. The van der Waals surface area contributed by atoms with Crippen molar-refractivity contribution >= 4 is 0 Å². The van der Waals surface area contributed by atoms with Crippen LogP contribution in [-0.4, -0.2) is 6.61 Å². The van der Waals surface area contributed by atoms with Crippen molar-refractivity contribution in [2.24, 2.45) is 5.92 Å². The first kappa shape index (κ1) is 16.8. The molecule has 112 valence electrons. The molecule has 1 nitrogen and oxygen atoms in total. The van der Waals surface area contributed by atoms with Gasteiger partial charge in [0.2, 0.25) is 0 Å². The molecule has 0 bridgehead atoms. The topological polar surface area (TPSA) is 9.23 Å². The van der Waals surface area contributed by atoms with Crippen molar-refractivity contribution in [3.8, 4) is 0 Å². The zero-order valence-electron chi connectivity index (χ0n) is 13.4. The van der Waals surface area contributed by atoms with E-state index in [0.29, 0.717) is 0 Å². The highest BCUT2D eigenvalue weighted by Crippen LogP contribution is 2.12. The van der Waals surface area contributed by atoms with E-state index in [9.17, 15) is 0 Å². The first-order chi connectivity index (χ1) is 9.68. The number of benzene rings is 1. The maximum Gasteiger partial charge on any atom is 0.0913 e. The summed E-state index contributed by atoms with van der Waals surface area (Å²) in [7, 11) is 0. The van der Waals surface area contributed by atoms with Gasteiger partial charge in [0.05, 0.1) is 12.9 Å². The van der Waals surface area contributed by atoms with Crippen LogP contribution in [0.5, 0.6) is 0 Å². The fourth-order valence-corrected chi connectivity index (χ4v) is 2.21. The van der Waals surface area contributed by atoms with Crippen molar-refractivity contribution in [1.29, 1.82) is 0 Å². The third kappa shape index (κ3) is 8.79. The minimum atomic E-state index is 0.773. The molecule has 1 aromatic rings. The van der Waals surface area contributed by atoms with Gasteiger partial charge in [0, 0.05) is 6.42 Å². The lowest BCUT2D eigenvalue weighted by Gasteiger charge is -2.06. The monoisotopic (exact) mass is 274 g/mol. The molecule has 0 saturated carbocycles. The number of rotatable bonds is 10. The fourth-order valence-electron chi connectivity index (χ4n) is 2.21. The summed E-state index contributed by atoms with van der Waals surface area (Å²) in [6, 6.07) is 10.5. The van der Waals surface area contributed by atoms with Crippen molar-refractivity contribution in [3.63, 3.8) is 0 Å². The second kappa shape index (κ2) is 10.5. The van der Waals surface area contributed by atoms with Crippen molar-refractivity contribution in [2.45, 2.75) is 59.3 Å². The molecule has 0 spiro atoms. The molecule has 1 aromatic carbocycles. The summed E-state index contributed by atoms with van der Waals surface area (Å²) >= 11 is 0. The Labute approximate surface area is 125 Å². The van der Waals surface area contributed by atoms with Crippen molar-refractivity contribution < 1.29 is 4.74 Å². The summed E-state index contributed by atoms with van der Waals surface area (Å²) < 4.78 is 5.63. The molecular weight excluding hydrogens is 244 g/mol. The van der Waals surface area contributed by atoms with Crippen LogP contribution in [0, 0.1) is 5.92 Å². The standard InChI is InChI=1S/C19H30O/c1-17(2)10-6-4-7-11-18(3)16-20-15-14-19-12-8-5-9-13-19/h5,8-9,12-13,16-17H,4,6-7,10-11,14-15H2,1-3H3. The quantitative estimate of drug-likeness (QED) is 0.389. The highest BCUT2D eigenvalue weighted by Gasteiger charge is 1.96. The largest absolute Gasteiger partial charge is 0.501 e. The van der Waals surface area contributed by atoms with Gasteiger partial charge in [-0.05, 0) is 36.8 Å². The molecule has 0 aromatic heterocycles. The second-order valence-corrected chi connectivity index (χ2v) is 6.06. The highest BCUT2D eigenvalue weighted by molar-refractivity contribution is 5.14. The molecule has 1 heteroatoms. The van der Waals surface area contributed by atoms with Crippen molar-refractivity contribution in [3.05, 3.63) is 47.7 Å². The molecule has 0 unspecified atom stereocenters. The lowest BCUT2D eigenvalue weighted by atomic mass is 10.0. The van der Waals surface area contributed by atoms with Gasteiger partial charge in [-0.25, -0.2) is 0 Å². The van der Waals surface area contributed by atoms with Crippen LogP contribution >= 0.6 is 0 Å². The van der Waals surface area contributed by atoms with Crippen LogP contribution < -0.4 is 0 Å². The zero-order chi connectivity index (χ0) is 14.6. The minimum absolute atomic E-state index is 0.773. The first-order valence-electron chi connectivity index (χ1n) is 7.99. The molecule has 0 saturated heterocycles. The Morgan fingerprint density at radius 2 is 1.85 bits per heavy atom. The van der Waals surface area contributed by atoms with E-state index in [1.54, 1.807) is 0 Å². The summed E-state index contributed by atoms with van der Waals surface area (Å²) in [5, 5.41) is 0. The van der Waals surface area contributed by atoms with E-state index in [0.717, 1.165) is 18.9 Å². The number of ether oxygens (including phenoxy) is 1. The van der Waals surface area contributed by atoms with Crippen LogP contribution in [0.1, 0.15) is 58.4 Å². The SMILES string of the molecule is CC(=COCCc1ccccc1)CCCCCC(C)C. The molecule has 0 atom stereocenters. The molecular formula is C19H30O. The summed E-state index contributed by atoms with van der Waals surface area (Å²) in [5.74, 6) is 0.841. The van der Waals surface area contributed by atoms with E-state index in [2.05, 4.69) is 45.0 Å².